The van der Waals surface area contributed by atoms with Crippen molar-refractivity contribution < 1.29 is 18.9 Å². The third-order valence-electron chi connectivity index (χ3n) is 26.4. The number of aromatic nitrogens is 1. The van der Waals surface area contributed by atoms with Crippen molar-refractivity contribution in [2.45, 2.75) is 0 Å². The van der Waals surface area contributed by atoms with Crippen LogP contribution < -0.4 is 77.9 Å². The van der Waals surface area contributed by atoms with Gasteiger partial charge in [-0.05, 0) is 148 Å². The van der Waals surface area contributed by atoms with Crippen molar-refractivity contribution in [2.75, 3.05) is 9.80 Å². The number of ether oxygens (including phenoxy) is 4. The van der Waals surface area contributed by atoms with E-state index in [-0.39, 0.29) is 6.71 Å². The van der Waals surface area contributed by atoms with Crippen LogP contribution in [0.3, 0.4) is 0 Å². The van der Waals surface area contributed by atoms with Gasteiger partial charge in [0.25, 0.3) is 20.1 Å². The Bertz CT molecular complexity index is 7590. The molecule has 0 bridgehead atoms. The number of hydrogen-bond acceptors (Lipinski definition) is 6. The van der Waals surface area contributed by atoms with Crippen molar-refractivity contribution >= 4 is 125 Å². The van der Waals surface area contributed by atoms with Crippen LogP contribution in [0.15, 0.2) is 425 Å². The number of hydrogen-bond donors (Lipinski definition) is 0. The van der Waals surface area contributed by atoms with Gasteiger partial charge in [0.15, 0.2) is 0 Å². The largest absolute Gasteiger partial charge is 0.459 e. The SMILES string of the molecule is c1ccc(-c2ccc3c(c2)Oc2c4c(cc5c2B2c6ccc(-c7ccccc7)cc6N(c6c(-c7ccccc7)cccc6-c6ccccc6)c6cc(-n7c8ccccc8c8ccccc87)cc(c62)N5c2c(-c5ccccc5)cccc2-c2ccccc2)Oc2cc5c6c(c2B34)Oc2ccc(-c3ccccc3)cc2B6c2cc(-c3ccccc3)ccc2O5)cc1. The van der Waals surface area contributed by atoms with Crippen molar-refractivity contribution in [2.24, 2.45) is 0 Å². The molecule has 0 saturated carbocycles. The van der Waals surface area contributed by atoms with Gasteiger partial charge in [0.1, 0.15) is 46.0 Å². The average Bonchev–Trinajstić information content (AvgIpc) is 0.690. The second-order valence-corrected chi connectivity index (χ2v) is 33.1. The molecule has 0 fully saturated rings. The maximum absolute atomic E-state index is 8.42. The molecule has 6 aliphatic rings. The Morgan fingerprint density at radius 2 is 0.524 bits per heavy atom. The maximum atomic E-state index is 8.42. The zero-order valence-electron chi connectivity index (χ0n) is 67.1. The number of para-hydroxylation sites is 4. The van der Waals surface area contributed by atoms with Crippen LogP contribution in [0.25, 0.3) is 117 Å². The third-order valence-corrected chi connectivity index (χ3v) is 26.4. The van der Waals surface area contributed by atoms with E-state index in [1.807, 2.05) is 0 Å². The molecule has 0 spiro atoms. The molecular weight excluding hydrogens is 1510 g/mol. The lowest BCUT2D eigenvalue weighted by atomic mass is 9.29. The minimum Gasteiger partial charge on any atom is -0.459 e. The standard InChI is InChI=1S/C114H70B3N3O4/c1-9-31-71(32-10-1)79-57-61-100-92(63-79)115-93-64-80(72-33-11-2-12-34-72)58-62-101(93)123-114-108(115)104(121-100)70-105-110(114)117-91-60-56-82(74-37-15-4-16-38-74)66-102(91)124-113-107-99(69-103(122-105)109(113)117)120(112-86(77-43-21-7-22-44-77)51-30-52-87(112)78-45-23-8-24-46-78)98-68-83(118-94-53-27-25-47-88(94)89-48-26-28-54-95(89)118)67-97-106(98)116(107)90-59-55-81(73-35-13-3-14-36-73)65-96(90)119(97)111-84(75-39-17-5-18-40-75)49-29-50-85(111)76-41-19-6-20-42-76/h1-70H. The molecule has 7 heterocycles. The van der Waals surface area contributed by atoms with Gasteiger partial charge >= 0.3 is 0 Å². The normalized spacial score (nSPS) is 13.0. The van der Waals surface area contributed by atoms with Crippen molar-refractivity contribution in [3.8, 4) is 141 Å². The van der Waals surface area contributed by atoms with E-state index >= 15 is 0 Å². The minimum absolute atomic E-state index is 0.324. The third kappa shape index (κ3) is 10.7. The number of benzene rings is 19. The molecule has 0 radical (unpaired) electrons. The van der Waals surface area contributed by atoms with Gasteiger partial charge in [-0.2, -0.15) is 0 Å². The van der Waals surface area contributed by atoms with E-state index in [1.165, 1.54) is 0 Å². The lowest BCUT2D eigenvalue weighted by Gasteiger charge is -2.47. The number of rotatable bonds is 11. The predicted molar refractivity (Wildman–Crippen MR) is 514 cm³/mol. The Labute approximate surface area is 719 Å². The van der Waals surface area contributed by atoms with Gasteiger partial charge in [-0.15, -0.1) is 0 Å². The quantitative estimate of drug-likeness (QED) is 0.120. The van der Waals surface area contributed by atoms with Gasteiger partial charge in [-0.3, -0.25) is 0 Å². The Kier molecular flexibility index (Phi) is 15.7. The first-order valence-electron chi connectivity index (χ1n) is 42.7. The molecule has 574 valence electrons. The highest BCUT2D eigenvalue weighted by atomic mass is 16.5. The molecule has 1 aromatic heterocycles. The molecule has 6 aliphatic heterocycles. The smallest absolute Gasteiger partial charge is 0.265 e. The van der Waals surface area contributed by atoms with E-state index in [1.54, 1.807) is 0 Å². The van der Waals surface area contributed by atoms with Crippen LogP contribution in [0.4, 0.5) is 34.1 Å². The van der Waals surface area contributed by atoms with Crippen molar-refractivity contribution in [3.05, 3.63) is 425 Å². The van der Waals surface area contributed by atoms with E-state index in [0.29, 0.717) is 23.0 Å². The maximum Gasteiger partial charge on any atom is 0.265 e. The minimum atomic E-state index is -0.537. The van der Waals surface area contributed by atoms with Crippen LogP contribution >= 0.6 is 0 Å². The average molecular weight is 1580 g/mol. The first-order chi connectivity index (χ1) is 61.5. The van der Waals surface area contributed by atoms with Gasteiger partial charge < -0.3 is 33.3 Å². The molecule has 0 aliphatic carbocycles. The highest BCUT2D eigenvalue weighted by Crippen LogP contribution is 2.57. The number of anilines is 6. The van der Waals surface area contributed by atoms with Gasteiger partial charge in [-0.25, -0.2) is 0 Å². The van der Waals surface area contributed by atoms with Gasteiger partial charge in [0.2, 0.25) is 0 Å². The molecule has 20 aromatic rings. The van der Waals surface area contributed by atoms with Crippen LogP contribution in [0.2, 0.25) is 0 Å². The highest BCUT2D eigenvalue weighted by Gasteiger charge is 2.54. The van der Waals surface area contributed by atoms with Crippen LogP contribution in [-0.4, -0.2) is 24.7 Å². The molecule has 26 rings (SSSR count). The lowest BCUT2D eigenvalue weighted by molar-refractivity contribution is 0.443. The Hall–Kier alpha value is -16.0. The fraction of sp³-hybridized carbons (Fsp3) is 0. The second kappa shape index (κ2) is 27.8. The number of fused-ring (bicyclic) bond motifs is 17. The summed E-state index contributed by atoms with van der Waals surface area (Å²) in [6.07, 6.45) is 0. The lowest BCUT2D eigenvalue weighted by Crippen LogP contribution is -2.66. The summed E-state index contributed by atoms with van der Waals surface area (Å²) in [5, 5.41) is 2.33. The molecule has 10 heteroatoms. The number of nitrogens with zero attached hydrogens (tertiary/aromatic N) is 3. The van der Waals surface area contributed by atoms with Crippen LogP contribution in [0, 0.1) is 0 Å². The summed E-state index contributed by atoms with van der Waals surface area (Å²) in [6.45, 7) is -1.40. The van der Waals surface area contributed by atoms with E-state index in [0.717, 1.165) is 223 Å². The molecule has 7 nitrogen and oxygen atoms in total. The Morgan fingerprint density at radius 1 is 0.185 bits per heavy atom. The first-order valence-corrected chi connectivity index (χ1v) is 42.7. The first kappa shape index (κ1) is 69.9. The zero-order valence-corrected chi connectivity index (χ0v) is 67.1. The zero-order chi connectivity index (χ0) is 81.2. The van der Waals surface area contributed by atoms with E-state index in [9.17, 15) is 0 Å². The van der Waals surface area contributed by atoms with Gasteiger partial charge in [0, 0.05) is 84.3 Å². The molecular formula is C114H70B3N3O4. The molecule has 0 amide bonds. The summed E-state index contributed by atoms with van der Waals surface area (Å²) in [6, 6.07) is 156. The monoisotopic (exact) mass is 1580 g/mol. The van der Waals surface area contributed by atoms with Crippen LogP contribution in [0.5, 0.6) is 46.0 Å². The van der Waals surface area contributed by atoms with Gasteiger partial charge in [-0.1, -0.05) is 364 Å². The van der Waals surface area contributed by atoms with Crippen LogP contribution in [-0.2, 0) is 0 Å². The van der Waals surface area contributed by atoms with Gasteiger partial charge in [0.05, 0.1) is 28.1 Å². The molecule has 124 heavy (non-hydrogen) atoms. The molecule has 0 atom stereocenters. The summed E-state index contributed by atoms with van der Waals surface area (Å²) >= 11 is 0. The van der Waals surface area contributed by atoms with Crippen molar-refractivity contribution in [1.29, 1.82) is 0 Å². The summed E-state index contributed by atoms with van der Waals surface area (Å²) in [7, 11) is 0. The van der Waals surface area contributed by atoms with Crippen LogP contribution in [0.1, 0.15) is 0 Å². The summed E-state index contributed by atoms with van der Waals surface area (Å²) in [5.74, 6) is 5.69. The summed E-state index contributed by atoms with van der Waals surface area (Å²) in [4.78, 5) is 5.28. The highest BCUT2D eigenvalue weighted by molar-refractivity contribution is 7.04. The Balaban J connectivity index is 0.821. The molecule has 19 aromatic carbocycles. The molecule has 0 N–H and O–H groups in total. The summed E-state index contributed by atoms with van der Waals surface area (Å²) < 4.78 is 34.4. The molecule has 0 unspecified atom stereocenters. The van der Waals surface area contributed by atoms with E-state index in [2.05, 4.69) is 439 Å². The molecule has 0 saturated heterocycles. The van der Waals surface area contributed by atoms with Crippen molar-refractivity contribution in [1.82, 2.24) is 4.57 Å². The van der Waals surface area contributed by atoms with E-state index in [4.69, 9.17) is 18.9 Å². The van der Waals surface area contributed by atoms with Crippen molar-refractivity contribution in [3.63, 3.8) is 0 Å². The predicted octanol–water partition coefficient (Wildman–Crippen LogP) is 23.7. The summed E-state index contributed by atoms with van der Waals surface area (Å²) in [5.41, 5.74) is 35.5. The second-order valence-electron chi connectivity index (χ2n) is 33.1. The fourth-order valence-corrected chi connectivity index (χ4v) is 21.0. The fourth-order valence-electron chi connectivity index (χ4n) is 21.0. The topological polar surface area (TPSA) is 48.3 Å². The van der Waals surface area contributed by atoms with E-state index < -0.39 is 13.4 Å². The Morgan fingerprint density at radius 3 is 0.992 bits per heavy atom.